The monoisotopic (exact) mass is 327 g/mol. The Bertz CT molecular complexity index is 719. The molecule has 0 spiro atoms. The molecule has 0 radical (unpaired) electrons. The topological polar surface area (TPSA) is 56.1 Å². The Morgan fingerprint density at radius 2 is 1.95 bits per heavy atom. The number of carbonyl (C=O) groups excluding carboxylic acids is 1. The smallest absolute Gasteiger partial charge is 0.244 e. The van der Waals surface area contributed by atoms with Crippen molar-refractivity contribution in [2.45, 2.75) is 0 Å². The Kier molecular flexibility index (Phi) is 3.17. The van der Waals surface area contributed by atoms with Gasteiger partial charge in [-0.1, -0.05) is 15.9 Å². The first-order valence-corrected chi connectivity index (χ1v) is 6.84. The number of benzene rings is 2. The summed E-state index contributed by atoms with van der Waals surface area (Å²) in [6.07, 6.45) is 0. The molecule has 98 valence electrons. The first kappa shape index (κ1) is 12.7. The van der Waals surface area contributed by atoms with Crippen molar-refractivity contribution in [3.05, 3.63) is 52.5 Å². The maximum Gasteiger partial charge on any atom is 0.244 e. The van der Waals surface area contributed by atoms with E-state index in [-0.39, 0.29) is 12.5 Å². The van der Waals surface area contributed by atoms with Crippen LogP contribution >= 0.6 is 15.9 Å². The third-order valence-electron chi connectivity index (χ3n) is 3.13. The number of fused-ring (bicyclic) bond motifs is 1. The molecule has 5 heteroatoms. The van der Waals surface area contributed by atoms with Crippen LogP contribution < -0.4 is 10.2 Å². The minimum atomic E-state index is -0.0875. The quantitative estimate of drug-likeness (QED) is 0.873. The Morgan fingerprint density at radius 3 is 2.65 bits per heavy atom. The Labute approximate surface area is 124 Å². The van der Waals surface area contributed by atoms with Gasteiger partial charge < -0.3 is 10.2 Å². The van der Waals surface area contributed by atoms with Gasteiger partial charge in [0.15, 0.2) is 0 Å². The number of halogens is 1. The molecule has 20 heavy (non-hydrogen) atoms. The minimum absolute atomic E-state index is 0.0875. The molecule has 1 aliphatic heterocycles. The molecular weight excluding hydrogens is 318 g/mol. The second-order valence-electron chi connectivity index (χ2n) is 4.45. The highest BCUT2D eigenvalue weighted by atomic mass is 79.9. The maximum absolute atomic E-state index is 11.8. The van der Waals surface area contributed by atoms with Crippen LogP contribution in [0, 0.1) is 11.3 Å². The first-order valence-electron chi connectivity index (χ1n) is 6.04. The van der Waals surface area contributed by atoms with Gasteiger partial charge in [-0.3, -0.25) is 4.79 Å². The van der Waals surface area contributed by atoms with Gasteiger partial charge in [0, 0.05) is 10.2 Å². The predicted molar refractivity (Wildman–Crippen MR) is 80.9 cm³/mol. The summed E-state index contributed by atoms with van der Waals surface area (Å²) in [6, 6.07) is 15.1. The summed E-state index contributed by atoms with van der Waals surface area (Å²) >= 11 is 3.40. The molecule has 1 heterocycles. The fourth-order valence-corrected chi connectivity index (χ4v) is 2.48. The summed E-state index contributed by atoms with van der Waals surface area (Å²) in [5.74, 6) is -0.0875. The zero-order chi connectivity index (χ0) is 14.1. The lowest BCUT2D eigenvalue weighted by atomic mass is 10.1. The molecule has 4 nitrogen and oxygen atoms in total. The van der Waals surface area contributed by atoms with Crippen LogP contribution in [0.15, 0.2) is 46.9 Å². The SMILES string of the molecule is N#Cc1ccc2c(c1)NC(=O)CN2c1ccc(Br)cc1. The average molecular weight is 328 g/mol. The molecule has 0 aromatic heterocycles. The summed E-state index contributed by atoms with van der Waals surface area (Å²) in [7, 11) is 0. The van der Waals surface area contributed by atoms with Crippen molar-refractivity contribution >= 4 is 38.9 Å². The Balaban J connectivity index is 2.08. The molecule has 0 aliphatic carbocycles. The molecule has 0 saturated heterocycles. The fraction of sp³-hybridized carbons (Fsp3) is 0.0667. The van der Waals surface area contributed by atoms with E-state index in [1.807, 2.05) is 35.2 Å². The molecule has 1 N–H and O–H groups in total. The molecule has 2 aromatic carbocycles. The van der Waals surface area contributed by atoms with Crippen LogP contribution in [-0.4, -0.2) is 12.5 Å². The van der Waals surface area contributed by atoms with Crippen molar-refractivity contribution in [2.24, 2.45) is 0 Å². The van der Waals surface area contributed by atoms with Gasteiger partial charge in [-0.2, -0.15) is 5.26 Å². The number of hydrogen-bond acceptors (Lipinski definition) is 3. The average Bonchev–Trinajstić information content (AvgIpc) is 2.46. The van der Waals surface area contributed by atoms with Crippen LogP contribution in [0.3, 0.4) is 0 Å². The van der Waals surface area contributed by atoms with Gasteiger partial charge in [0.2, 0.25) is 5.91 Å². The lowest BCUT2D eigenvalue weighted by Crippen LogP contribution is -2.35. The predicted octanol–water partition coefficient (Wildman–Crippen LogP) is 3.41. The fourth-order valence-electron chi connectivity index (χ4n) is 2.21. The normalized spacial score (nSPS) is 13.4. The van der Waals surface area contributed by atoms with Crippen LogP contribution in [0.2, 0.25) is 0 Å². The van der Waals surface area contributed by atoms with Crippen molar-refractivity contribution in [3.63, 3.8) is 0 Å². The first-order chi connectivity index (χ1) is 9.67. The highest BCUT2D eigenvalue weighted by Crippen LogP contribution is 2.35. The van der Waals surface area contributed by atoms with E-state index in [2.05, 4.69) is 27.3 Å². The van der Waals surface area contributed by atoms with Gasteiger partial charge >= 0.3 is 0 Å². The third-order valence-corrected chi connectivity index (χ3v) is 3.66. The van der Waals surface area contributed by atoms with E-state index in [4.69, 9.17) is 5.26 Å². The molecular formula is C15H10BrN3O. The summed E-state index contributed by atoms with van der Waals surface area (Å²) in [6.45, 7) is 0.264. The van der Waals surface area contributed by atoms with Crippen LogP contribution in [0.1, 0.15) is 5.56 Å². The van der Waals surface area contributed by atoms with Crippen molar-refractivity contribution in [2.75, 3.05) is 16.8 Å². The lowest BCUT2D eigenvalue weighted by molar-refractivity contribution is -0.115. The van der Waals surface area contributed by atoms with E-state index in [1.165, 1.54) is 0 Å². The molecule has 0 fully saturated rings. The van der Waals surface area contributed by atoms with Crippen LogP contribution in [0.25, 0.3) is 0 Å². The number of nitriles is 1. The van der Waals surface area contributed by atoms with Gasteiger partial charge in [0.1, 0.15) is 6.54 Å². The molecule has 1 aliphatic rings. The lowest BCUT2D eigenvalue weighted by Gasteiger charge is -2.31. The molecule has 0 atom stereocenters. The van der Waals surface area contributed by atoms with Crippen LogP contribution in [0.5, 0.6) is 0 Å². The largest absolute Gasteiger partial charge is 0.330 e. The minimum Gasteiger partial charge on any atom is -0.330 e. The van der Waals surface area contributed by atoms with Crippen molar-refractivity contribution in [1.29, 1.82) is 5.26 Å². The van der Waals surface area contributed by atoms with E-state index < -0.39 is 0 Å². The molecule has 0 saturated carbocycles. The van der Waals surface area contributed by atoms with Crippen molar-refractivity contribution in [3.8, 4) is 6.07 Å². The number of nitrogens with zero attached hydrogens (tertiary/aromatic N) is 2. The molecule has 0 bridgehead atoms. The Hall–Kier alpha value is -2.32. The van der Waals surface area contributed by atoms with Gasteiger partial charge in [-0.05, 0) is 42.5 Å². The number of rotatable bonds is 1. The summed E-state index contributed by atoms with van der Waals surface area (Å²) < 4.78 is 0.989. The highest BCUT2D eigenvalue weighted by Gasteiger charge is 2.23. The van der Waals surface area contributed by atoms with Crippen molar-refractivity contribution < 1.29 is 4.79 Å². The zero-order valence-electron chi connectivity index (χ0n) is 10.4. The molecule has 0 unspecified atom stereocenters. The van der Waals surface area contributed by atoms with E-state index in [1.54, 1.807) is 12.1 Å². The second-order valence-corrected chi connectivity index (χ2v) is 5.37. The molecule has 1 amide bonds. The summed E-state index contributed by atoms with van der Waals surface area (Å²) in [4.78, 5) is 13.8. The van der Waals surface area contributed by atoms with Gasteiger partial charge in [0.25, 0.3) is 0 Å². The molecule has 2 aromatic rings. The van der Waals surface area contributed by atoms with Gasteiger partial charge in [-0.15, -0.1) is 0 Å². The standard InChI is InChI=1S/C15H10BrN3O/c16-11-2-4-12(5-3-11)19-9-15(20)18-13-7-10(8-17)1-6-14(13)19/h1-7H,9H2,(H,18,20). The maximum atomic E-state index is 11.8. The highest BCUT2D eigenvalue weighted by molar-refractivity contribution is 9.10. The number of hydrogen-bond donors (Lipinski definition) is 1. The van der Waals surface area contributed by atoms with E-state index >= 15 is 0 Å². The summed E-state index contributed by atoms with van der Waals surface area (Å²) in [5, 5.41) is 11.7. The zero-order valence-corrected chi connectivity index (χ0v) is 12.0. The van der Waals surface area contributed by atoms with E-state index in [0.29, 0.717) is 11.3 Å². The number of nitrogens with one attached hydrogen (secondary N) is 1. The van der Waals surface area contributed by atoms with E-state index in [9.17, 15) is 4.79 Å². The number of carbonyl (C=O) groups is 1. The Morgan fingerprint density at radius 1 is 1.20 bits per heavy atom. The number of anilines is 3. The van der Waals surface area contributed by atoms with Gasteiger partial charge in [0.05, 0.1) is 23.0 Å². The number of amides is 1. The second kappa shape index (κ2) is 4.99. The van der Waals surface area contributed by atoms with Crippen LogP contribution in [-0.2, 0) is 4.79 Å². The van der Waals surface area contributed by atoms with Crippen LogP contribution in [0.4, 0.5) is 17.1 Å². The third kappa shape index (κ3) is 2.26. The van der Waals surface area contributed by atoms with Crippen molar-refractivity contribution in [1.82, 2.24) is 0 Å². The van der Waals surface area contributed by atoms with Gasteiger partial charge in [-0.25, -0.2) is 0 Å². The summed E-state index contributed by atoms with van der Waals surface area (Å²) in [5.41, 5.74) is 3.03. The molecule has 3 rings (SSSR count). The van der Waals surface area contributed by atoms with E-state index in [0.717, 1.165) is 15.8 Å².